The minimum absolute atomic E-state index is 0.121. The van der Waals surface area contributed by atoms with Gasteiger partial charge in [-0.1, -0.05) is 13.3 Å². The van der Waals surface area contributed by atoms with Crippen LogP contribution in [0.1, 0.15) is 39.5 Å². The van der Waals surface area contributed by atoms with E-state index in [2.05, 4.69) is 17.1 Å². The molecule has 0 radical (unpaired) electrons. The van der Waals surface area contributed by atoms with Crippen LogP contribution < -0.4 is 5.32 Å². The van der Waals surface area contributed by atoms with E-state index in [9.17, 15) is 4.79 Å². The van der Waals surface area contributed by atoms with Crippen molar-refractivity contribution in [2.45, 2.75) is 45.6 Å². The highest BCUT2D eigenvalue weighted by Gasteiger charge is 2.22. The molecule has 1 aliphatic rings. The summed E-state index contributed by atoms with van der Waals surface area (Å²) in [6.45, 7) is 7.93. The molecule has 2 unspecified atom stereocenters. The predicted molar refractivity (Wildman–Crippen MR) is 73.6 cm³/mol. The smallest absolute Gasteiger partial charge is 0.323 e. The van der Waals surface area contributed by atoms with E-state index in [1.54, 1.807) is 0 Å². The molecule has 1 N–H and O–H groups in total. The molecule has 0 aromatic rings. The Morgan fingerprint density at radius 3 is 2.89 bits per heavy atom. The van der Waals surface area contributed by atoms with Crippen LogP contribution in [0.15, 0.2) is 0 Å². The van der Waals surface area contributed by atoms with Gasteiger partial charge in [0.25, 0.3) is 0 Å². The maximum absolute atomic E-state index is 11.7. The molecule has 1 rings (SSSR count). The number of carbonyl (C=O) groups excluding carboxylic acids is 1. The first-order valence-corrected chi connectivity index (χ1v) is 7.27. The average Bonchev–Trinajstić information content (AvgIpc) is 2.40. The van der Waals surface area contributed by atoms with Gasteiger partial charge in [-0.3, -0.25) is 4.79 Å². The quantitative estimate of drug-likeness (QED) is 0.703. The molecule has 4 heteroatoms. The number of likely N-dealkylation sites (tertiary alicyclic amines) is 1. The standard InChI is InChI=1S/C14H28N2O2/c1-4-12-7-6-9-16(11-12)10-8-13(15-3)14(17)18-5-2/h12-13,15H,4-11H2,1-3H3. The van der Waals surface area contributed by atoms with Crippen molar-refractivity contribution < 1.29 is 9.53 Å². The maximum Gasteiger partial charge on any atom is 0.323 e. The van der Waals surface area contributed by atoms with E-state index in [-0.39, 0.29) is 12.0 Å². The summed E-state index contributed by atoms with van der Waals surface area (Å²) in [5.41, 5.74) is 0. The third-order valence-corrected chi connectivity index (χ3v) is 3.83. The first-order valence-electron chi connectivity index (χ1n) is 7.27. The molecule has 18 heavy (non-hydrogen) atoms. The second kappa shape index (κ2) is 8.48. The Morgan fingerprint density at radius 2 is 2.28 bits per heavy atom. The third-order valence-electron chi connectivity index (χ3n) is 3.83. The van der Waals surface area contributed by atoms with E-state index >= 15 is 0 Å². The van der Waals surface area contributed by atoms with Crippen molar-refractivity contribution in [1.29, 1.82) is 0 Å². The fourth-order valence-electron chi connectivity index (χ4n) is 2.62. The molecular weight excluding hydrogens is 228 g/mol. The molecule has 0 bridgehead atoms. The number of nitrogens with one attached hydrogen (secondary N) is 1. The van der Waals surface area contributed by atoms with Gasteiger partial charge < -0.3 is 15.0 Å². The van der Waals surface area contributed by atoms with Crippen LogP contribution in [-0.2, 0) is 9.53 Å². The number of hydrogen-bond donors (Lipinski definition) is 1. The Kier molecular flexibility index (Phi) is 7.28. The van der Waals surface area contributed by atoms with E-state index in [0.717, 1.165) is 18.9 Å². The number of rotatable bonds is 7. The average molecular weight is 256 g/mol. The zero-order valence-electron chi connectivity index (χ0n) is 12.1. The van der Waals surface area contributed by atoms with Crippen LogP contribution in [0.5, 0.6) is 0 Å². The second-order valence-corrected chi connectivity index (χ2v) is 5.10. The summed E-state index contributed by atoms with van der Waals surface area (Å²) in [6, 6.07) is -0.160. The molecule has 1 saturated heterocycles. The van der Waals surface area contributed by atoms with Crippen LogP contribution in [0, 0.1) is 5.92 Å². The SMILES string of the molecule is CCOC(=O)C(CCN1CCCC(CC)C1)NC. The summed E-state index contributed by atoms with van der Waals surface area (Å²) in [5.74, 6) is 0.721. The Bertz CT molecular complexity index is 246. The van der Waals surface area contributed by atoms with Gasteiger partial charge in [0.1, 0.15) is 6.04 Å². The molecule has 0 aromatic carbocycles. The molecule has 2 atom stereocenters. The first kappa shape index (κ1) is 15.4. The minimum atomic E-state index is -0.160. The highest BCUT2D eigenvalue weighted by atomic mass is 16.5. The van der Waals surface area contributed by atoms with E-state index < -0.39 is 0 Å². The van der Waals surface area contributed by atoms with Gasteiger partial charge in [0, 0.05) is 13.1 Å². The van der Waals surface area contributed by atoms with Gasteiger partial charge in [-0.05, 0) is 45.7 Å². The van der Waals surface area contributed by atoms with Crippen LogP contribution in [0.4, 0.5) is 0 Å². The van der Waals surface area contributed by atoms with Gasteiger partial charge in [-0.25, -0.2) is 0 Å². The summed E-state index contributed by atoms with van der Waals surface area (Å²) < 4.78 is 5.06. The minimum Gasteiger partial charge on any atom is -0.465 e. The fourth-order valence-corrected chi connectivity index (χ4v) is 2.62. The van der Waals surface area contributed by atoms with Crippen molar-refractivity contribution in [1.82, 2.24) is 10.2 Å². The lowest BCUT2D eigenvalue weighted by atomic mass is 9.95. The molecule has 106 valence electrons. The zero-order chi connectivity index (χ0) is 13.4. The van der Waals surface area contributed by atoms with Gasteiger partial charge in [0.2, 0.25) is 0 Å². The summed E-state index contributed by atoms with van der Waals surface area (Å²) in [4.78, 5) is 14.2. The highest BCUT2D eigenvalue weighted by Crippen LogP contribution is 2.19. The lowest BCUT2D eigenvalue weighted by molar-refractivity contribution is -0.145. The molecule has 0 amide bonds. The van der Waals surface area contributed by atoms with E-state index in [1.807, 2.05) is 14.0 Å². The van der Waals surface area contributed by atoms with Crippen molar-refractivity contribution in [2.75, 3.05) is 33.3 Å². The van der Waals surface area contributed by atoms with Crippen LogP contribution in [0.2, 0.25) is 0 Å². The number of nitrogens with zero attached hydrogens (tertiary/aromatic N) is 1. The Morgan fingerprint density at radius 1 is 1.50 bits per heavy atom. The van der Waals surface area contributed by atoms with E-state index in [0.29, 0.717) is 6.61 Å². The molecular formula is C14H28N2O2. The number of piperidine rings is 1. The monoisotopic (exact) mass is 256 g/mol. The van der Waals surface area contributed by atoms with Gasteiger partial charge in [-0.15, -0.1) is 0 Å². The maximum atomic E-state index is 11.7. The van der Waals surface area contributed by atoms with Gasteiger partial charge >= 0.3 is 5.97 Å². The number of esters is 1. The molecule has 0 aromatic heterocycles. The number of hydrogen-bond acceptors (Lipinski definition) is 4. The summed E-state index contributed by atoms with van der Waals surface area (Å²) in [5, 5.41) is 3.05. The van der Waals surface area contributed by atoms with Gasteiger partial charge in [0.05, 0.1) is 6.61 Å². The van der Waals surface area contributed by atoms with Gasteiger partial charge in [0.15, 0.2) is 0 Å². The Hall–Kier alpha value is -0.610. The molecule has 4 nitrogen and oxygen atoms in total. The van der Waals surface area contributed by atoms with Crippen molar-refractivity contribution in [3.63, 3.8) is 0 Å². The van der Waals surface area contributed by atoms with Gasteiger partial charge in [-0.2, -0.15) is 0 Å². The Labute approximate surface area is 111 Å². The van der Waals surface area contributed by atoms with E-state index in [4.69, 9.17) is 4.74 Å². The molecule has 1 aliphatic heterocycles. The summed E-state index contributed by atoms with van der Waals surface area (Å²) in [7, 11) is 1.83. The molecule has 0 spiro atoms. The Balaban J connectivity index is 2.31. The second-order valence-electron chi connectivity index (χ2n) is 5.10. The normalized spacial score (nSPS) is 22.7. The van der Waals surface area contributed by atoms with Crippen molar-refractivity contribution in [3.05, 3.63) is 0 Å². The van der Waals surface area contributed by atoms with Crippen molar-refractivity contribution >= 4 is 5.97 Å². The molecule has 0 aliphatic carbocycles. The molecule has 1 heterocycles. The van der Waals surface area contributed by atoms with Crippen molar-refractivity contribution in [3.8, 4) is 0 Å². The third kappa shape index (κ3) is 4.94. The van der Waals surface area contributed by atoms with Crippen LogP contribution in [0.3, 0.4) is 0 Å². The predicted octanol–water partition coefficient (Wildman–Crippen LogP) is 1.65. The van der Waals surface area contributed by atoms with Crippen LogP contribution >= 0.6 is 0 Å². The topological polar surface area (TPSA) is 41.6 Å². The number of ether oxygens (including phenoxy) is 1. The number of carbonyl (C=O) groups is 1. The number of likely N-dealkylation sites (N-methyl/N-ethyl adjacent to an activating group) is 1. The summed E-state index contributed by atoms with van der Waals surface area (Å²) >= 11 is 0. The molecule has 1 fully saturated rings. The van der Waals surface area contributed by atoms with Crippen LogP contribution in [-0.4, -0.2) is 50.2 Å². The van der Waals surface area contributed by atoms with E-state index in [1.165, 1.54) is 32.4 Å². The lowest BCUT2D eigenvalue weighted by Gasteiger charge is -2.32. The zero-order valence-corrected chi connectivity index (χ0v) is 12.1. The lowest BCUT2D eigenvalue weighted by Crippen LogP contribution is -2.41. The van der Waals surface area contributed by atoms with Crippen molar-refractivity contribution in [2.24, 2.45) is 5.92 Å². The highest BCUT2D eigenvalue weighted by molar-refractivity contribution is 5.75. The fraction of sp³-hybridized carbons (Fsp3) is 0.929. The first-order chi connectivity index (χ1) is 8.71. The van der Waals surface area contributed by atoms with Crippen LogP contribution in [0.25, 0.3) is 0 Å². The molecule has 0 saturated carbocycles. The summed E-state index contributed by atoms with van der Waals surface area (Å²) in [6.07, 6.45) is 4.76. The largest absolute Gasteiger partial charge is 0.465 e.